The third-order valence-corrected chi connectivity index (χ3v) is 3.38. The first kappa shape index (κ1) is 13.0. The van der Waals surface area contributed by atoms with Crippen molar-refractivity contribution in [2.45, 2.75) is 38.3 Å². The Labute approximate surface area is 104 Å². The molecule has 1 amide bonds. The summed E-state index contributed by atoms with van der Waals surface area (Å²) < 4.78 is 26.7. The van der Waals surface area contributed by atoms with Crippen LogP contribution in [0.2, 0.25) is 0 Å². The van der Waals surface area contributed by atoms with Gasteiger partial charge in [-0.1, -0.05) is 0 Å². The normalized spacial score (nSPS) is 20.3. The molecule has 0 heterocycles. The maximum atomic E-state index is 13.6. The molecule has 2 unspecified atom stereocenters. The van der Waals surface area contributed by atoms with Gasteiger partial charge in [-0.05, 0) is 43.4 Å². The van der Waals surface area contributed by atoms with Crippen molar-refractivity contribution < 1.29 is 13.6 Å². The summed E-state index contributed by atoms with van der Waals surface area (Å²) in [6, 6.07) is 1.84. The molecular weight excluding hydrogens is 238 g/mol. The average Bonchev–Trinajstić information content (AvgIpc) is 2.29. The van der Waals surface area contributed by atoms with Crippen molar-refractivity contribution in [2.24, 2.45) is 5.73 Å². The lowest BCUT2D eigenvalue weighted by molar-refractivity contribution is -0.119. The number of carbonyl (C=O) groups excluding carboxylic acids is 1. The number of hydrogen-bond acceptors (Lipinski definition) is 2. The number of carbonyl (C=O) groups is 1. The summed E-state index contributed by atoms with van der Waals surface area (Å²) in [5.74, 6) is -1.48. The molecule has 0 saturated carbocycles. The van der Waals surface area contributed by atoms with E-state index in [-0.39, 0.29) is 6.04 Å². The Bertz CT molecular complexity index is 476. The molecule has 2 atom stereocenters. The molecule has 0 aromatic heterocycles. The molecule has 2 rings (SSSR count). The number of benzene rings is 1. The van der Waals surface area contributed by atoms with E-state index >= 15 is 0 Å². The zero-order chi connectivity index (χ0) is 13.3. The maximum absolute atomic E-state index is 13.6. The number of fused-ring (bicyclic) bond motifs is 1. The third-order valence-electron chi connectivity index (χ3n) is 3.38. The van der Waals surface area contributed by atoms with Crippen LogP contribution in [0.25, 0.3) is 0 Å². The first-order valence-electron chi connectivity index (χ1n) is 5.99. The van der Waals surface area contributed by atoms with Crippen molar-refractivity contribution in [1.82, 2.24) is 5.32 Å². The monoisotopic (exact) mass is 254 g/mol. The Morgan fingerprint density at radius 3 is 2.89 bits per heavy atom. The molecule has 0 fully saturated rings. The minimum absolute atomic E-state index is 0.0000359. The van der Waals surface area contributed by atoms with E-state index in [1.54, 1.807) is 6.92 Å². The van der Waals surface area contributed by atoms with Gasteiger partial charge in [0.05, 0.1) is 6.04 Å². The van der Waals surface area contributed by atoms with Crippen LogP contribution in [0.5, 0.6) is 0 Å². The van der Waals surface area contributed by atoms with Crippen molar-refractivity contribution in [3.63, 3.8) is 0 Å². The van der Waals surface area contributed by atoms with Crippen LogP contribution >= 0.6 is 0 Å². The van der Waals surface area contributed by atoms with Gasteiger partial charge < -0.3 is 11.1 Å². The molecule has 1 aromatic carbocycles. The Morgan fingerprint density at radius 2 is 2.22 bits per heavy atom. The minimum atomic E-state index is -0.539. The minimum Gasteiger partial charge on any atom is -0.368 e. The van der Waals surface area contributed by atoms with Crippen LogP contribution < -0.4 is 11.1 Å². The number of nitrogens with one attached hydrogen (secondary N) is 1. The van der Waals surface area contributed by atoms with Gasteiger partial charge in [0.2, 0.25) is 5.91 Å². The number of nitrogens with two attached hydrogens (primary N) is 1. The summed E-state index contributed by atoms with van der Waals surface area (Å²) in [5, 5.41) is 3.07. The van der Waals surface area contributed by atoms with Crippen molar-refractivity contribution >= 4 is 5.91 Å². The van der Waals surface area contributed by atoms with Crippen LogP contribution in [-0.2, 0) is 17.6 Å². The number of halogens is 2. The van der Waals surface area contributed by atoms with Gasteiger partial charge in [0.15, 0.2) is 0 Å². The van der Waals surface area contributed by atoms with Gasteiger partial charge in [-0.3, -0.25) is 4.79 Å². The Balaban J connectivity index is 2.12. The van der Waals surface area contributed by atoms with Gasteiger partial charge in [-0.2, -0.15) is 0 Å². The van der Waals surface area contributed by atoms with E-state index < -0.39 is 23.6 Å². The first-order valence-corrected chi connectivity index (χ1v) is 5.99. The van der Waals surface area contributed by atoms with Crippen LogP contribution in [0.15, 0.2) is 12.1 Å². The van der Waals surface area contributed by atoms with E-state index in [9.17, 15) is 13.6 Å². The summed E-state index contributed by atoms with van der Waals surface area (Å²) in [5.41, 5.74) is 6.43. The topological polar surface area (TPSA) is 55.1 Å². The lowest BCUT2D eigenvalue weighted by atomic mass is 9.87. The zero-order valence-electron chi connectivity index (χ0n) is 10.2. The highest BCUT2D eigenvalue weighted by atomic mass is 19.1. The highest BCUT2D eigenvalue weighted by Gasteiger charge is 2.24. The fourth-order valence-corrected chi connectivity index (χ4v) is 2.36. The molecule has 1 aliphatic rings. The third kappa shape index (κ3) is 2.67. The van der Waals surface area contributed by atoms with Crippen molar-refractivity contribution in [1.29, 1.82) is 0 Å². The van der Waals surface area contributed by atoms with Crippen LogP contribution in [-0.4, -0.2) is 18.0 Å². The highest BCUT2D eigenvalue weighted by molar-refractivity contribution is 5.79. The lowest BCUT2D eigenvalue weighted by Gasteiger charge is -2.27. The van der Waals surface area contributed by atoms with Crippen LogP contribution in [0.3, 0.4) is 0 Å². The number of rotatable bonds is 3. The molecule has 18 heavy (non-hydrogen) atoms. The maximum Gasteiger partial charge on any atom is 0.234 e. The summed E-state index contributed by atoms with van der Waals surface area (Å²) in [6.45, 7) is 1.68. The lowest BCUT2D eigenvalue weighted by Crippen LogP contribution is -2.46. The molecule has 0 aliphatic heterocycles. The van der Waals surface area contributed by atoms with E-state index in [0.29, 0.717) is 18.4 Å². The summed E-state index contributed by atoms with van der Waals surface area (Å²) in [6.07, 6.45) is 1.81. The molecule has 1 aromatic rings. The van der Waals surface area contributed by atoms with Gasteiger partial charge in [-0.25, -0.2) is 8.78 Å². The summed E-state index contributed by atoms with van der Waals surface area (Å²) in [7, 11) is 0. The number of hydrogen-bond donors (Lipinski definition) is 2. The second-order valence-corrected chi connectivity index (χ2v) is 4.76. The highest BCUT2D eigenvalue weighted by Crippen LogP contribution is 2.25. The predicted octanol–water partition coefficient (Wildman–Crippen LogP) is 1.29. The van der Waals surface area contributed by atoms with Gasteiger partial charge >= 0.3 is 0 Å². The molecule has 0 bridgehead atoms. The van der Waals surface area contributed by atoms with Crippen molar-refractivity contribution in [2.75, 3.05) is 0 Å². The molecule has 1 aliphatic carbocycles. The first-order chi connectivity index (χ1) is 8.47. The quantitative estimate of drug-likeness (QED) is 0.854. The standard InChI is InChI=1S/C13H16F2N2O/c1-7(13(16)18)17-10-3-2-8-4-9(14)5-12(15)11(8)6-10/h4-5,7,10,17H,2-3,6H2,1H3,(H2,16,18). The fourth-order valence-electron chi connectivity index (χ4n) is 2.36. The largest absolute Gasteiger partial charge is 0.368 e. The SMILES string of the molecule is CC(NC1CCc2cc(F)cc(F)c2C1)C(N)=O. The van der Waals surface area contributed by atoms with E-state index in [1.165, 1.54) is 6.07 Å². The molecule has 0 saturated heterocycles. The van der Waals surface area contributed by atoms with Crippen LogP contribution in [0, 0.1) is 11.6 Å². The average molecular weight is 254 g/mol. The Kier molecular flexibility index (Phi) is 3.61. The number of amides is 1. The van der Waals surface area contributed by atoms with Gasteiger partial charge in [0.25, 0.3) is 0 Å². The van der Waals surface area contributed by atoms with E-state index in [4.69, 9.17) is 5.73 Å². The van der Waals surface area contributed by atoms with E-state index in [0.717, 1.165) is 18.1 Å². The van der Waals surface area contributed by atoms with E-state index in [2.05, 4.69) is 5.32 Å². The van der Waals surface area contributed by atoms with Gasteiger partial charge in [0.1, 0.15) is 11.6 Å². The summed E-state index contributed by atoms with van der Waals surface area (Å²) in [4.78, 5) is 11.0. The van der Waals surface area contributed by atoms with Crippen molar-refractivity contribution in [3.05, 3.63) is 34.9 Å². The zero-order valence-corrected chi connectivity index (χ0v) is 10.2. The van der Waals surface area contributed by atoms with Crippen molar-refractivity contribution in [3.8, 4) is 0 Å². The molecule has 3 nitrogen and oxygen atoms in total. The van der Waals surface area contributed by atoms with E-state index in [1.807, 2.05) is 0 Å². The number of primary amides is 1. The van der Waals surface area contributed by atoms with Crippen LogP contribution in [0.4, 0.5) is 8.78 Å². The Morgan fingerprint density at radius 1 is 1.50 bits per heavy atom. The molecule has 0 radical (unpaired) electrons. The molecule has 3 N–H and O–H groups in total. The smallest absolute Gasteiger partial charge is 0.234 e. The fraction of sp³-hybridized carbons (Fsp3) is 0.462. The molecular formula is C13H16F2N2O. The molecule has 98 valence electrons. The van der Waals surface area contributed by atoms with Crippen LogP contribution in [0.1, 0.15) is 24.5 Å². The second kappa shape index (κ2) is 5.02. The van der Waals surface area contributed by atoms with Gasteiger partial charge in [0, 0.05) is 12.1 Å². The second-order valence-electron chi connectivity index (χ2n) is 4.76. The summed E-state index contributed by atoms with van der Waals surface area (Å²) >= 11 is 0. The Hall–Kier alpha value is -1.49. The molecule has 5 heteroatoms. The van der Waals surface area contributed by atoms with Gasteiger partial charge in [-0.15, -0.1) is 0 Å². The molecule has 0 spiro atoms. The predicted molar refractivity (Wildman–Crippen MR) is 64.0 cm³/mol. The number of aryl methyl sites for hydroxylation is 1.